The van der Waals surface area contributed by atoms with Crippen LogP contribution < -0.4 is 61.0 Å². The van der Waals surface area contributed by atoms with Crippen molar-refractivity contribution in [2.24, 2.45) is 0 Å². The van der Waals surface area contributed by atoms with E-state index in [-0.39, 0.29) is 87.7 Å². The SMILES string of the molecule is CC(C)c1cc2c(cc1NS(=O)(=O)[O-])C(CO)CC(C)(C)N2CCOCCOCCOCCOCCOCCO.[K+]. The molecule has 14 heteroatoms. The van der Waals surface area contributed by atoms with Gasteiger partial charge in [-0.1, -0.05) is 13.8 Å². The molecule has 0 spiro atoms. The summed E-state index contributed by atoms with van der Waals surface area (Å²) in [7, 11) is -4.69. The van der Waals surface area contributed by atoms with E-state index in [4.69, 9.17) is 28.8 Å². The summed E-state index contributed by atoms with van der Waals surface area (Å²) < 4.78 is 63.8. The summed E-state index contributed by atoms with van der Waals surface area (Å²) >= 11 is 0. The van der Waals surface area contributed by atoms with Crippen LogP contribution in [0.5, 0.6) is 0 Å². The molecule has 1 unspecified atom stereocenters. The van der Waals surface area contributed by atoms with Crippen molar-refractivity contribution in [1.29, 1.82) is 0 Å². The largest absolute Gasteiger partial charge is 1.00 e. The van der Waals surface area contributed by atoms with Crippen LogP contribution in [0, 0.1) is 0 Å². The minimum Gasteiger partial charge on any atom is -0.731 e. The Morgan fingerprint density at radius 3 is 1.85 bits per heavy atom. The molecular weight excluding hydrogens is 583 g/mol. The van der Waals surface area contributed by atoms with Gasteiger partial charge in [0.25, 0.3) is 0 Å². The summed E-state index contributed by atoms with van der Waals surface area (Å²) in [6, 6.07) is 3.62. The molecule has 0 aromatic heterocycles. The zero-order valence-electron chi connectivity index (χ0n) is 25.2. The Labute approximate surface area is 287 Å². The molecule has 0 radical (unpaired) electrons. The van der Waals surface area contributed by atoms with Crippen LogP contribution in [0.3, 0.4) is 0 Å². The van der Waals surface area contributed by atoms with Gasteiger partial charge in [0.1, 0.15) is 0 Å². The van der Waals surface area contributed by atoms with E-state index in [0.717, 1.165) is 11.3 Å². The number of fused-ring (bicyclic) bond motifs is 1. The Balaban J connectivity index is 0.00000840. The van der Waals surface area contributed by atoms with Crippen LogP contribution in [-0.2, 0) is 34.0 Å². The second-order valence-corrected chi connectivity index (χ2v) is 11.7. The second-order valence-electron chi connectivity index (χ2n) is 10.5. The fourth-order valence-corrected chi connectivity index (χ4v) is 5.27. The molecule has 1 aromatic carbocycles. The van der Waals surface area contributed by atoms with E-state index in [2.05, 4.69) is 23.5 Å². The fourth-order valence-electron chi connectivity index (χ4n) is 4.82. The van der Waals surface area contributed by atoms with Crippen molar-refractivity contribution in [3.05, 3.63) is 23.3 Å². The average molecular weight is 631 g/mol. The molecule has 0 fully saturated rings. The van der Waals surface area contributed by atoms with E-state index in [1.807, 2.05) is 19.9 Å². The Morgan fingerprint density at radius 2 is 1.41 bits per heavy atom. The Bertz CT molecular complexity index is 981. The van der Waals surface area contributed by atoms with Gasteiger partial charge in [0, 0.05) is 23.7 Å². The van der Waals surface area contributed by atoms with Crippen LogP contribution in [-0.4, -0.2) is 115 Å². The topological polar surface area (TPSA) is 159 Å². The van der Waals surface area contributed by atoms with E-state index in [9.17, 15) is 18.1 Å². The number of hydrogen-bond acceptors (Lipinski definition) is 11. The molecule has 2 rings (SSSR count). The fraction of sp³-hybridized carbons (Fsp3) is 0.778. The van der Waals surface area contributed by atoms with Crippen molar-refractivity contribution in [3.8, 4) is 0 Å². The van der Waals surface area contributed by atoms with Gasteiger partial charge < -0.3 is 43.4 Å². The molecule has 3 N–H and O–H groups in total. The van der Waals surface area contributed by atoms with Crippen molar-refractivity contribution >= 4 is 21.7 Å². The van der Waals surface area contributed by atoms with Gasteiger partial charge in [0.2, 0.25) is 0 Å². The molecular formula is C27H47KN2O10S. The van der Waals surface area contributed by atoms with Gasteiger partial charge in [0.15, 0.2) is 10.3 Å². The van der Waals surface area contributed by atoms with Crippen LogP contribution in [0.4, 0.5) is 11.4 Å². The van der Waals surface area contributed by atoms with Crippen LogP contribution in [0.2, 0.25) is 0 Å². The van der Waals surface area contributed by atoms with E-state index < -0.39 is 10.3 Å². The number of benzene rings is 1. The molecule has 0 saturated heterocycles. The summed E-state index contributed by atoms with van der Waals surface area (Å²) in [5.74, 6) is -0.220. The molecule has 0 bridgehead atoms. The zero-order valence-corrected chi connectivity index (χ0v) is 29.2. The molecule has 12 nitrogen and oxygen atoms in total. The quantitative estimate of drug-likeness (QED) is 0.0853. The average Bonchev–Trinajstić information content (AvgIpc) is 2.87. The zero-order chi connectivity index (χ0) is 29.6. The van der Waals surface area contributed by atoms with Gasteiger partial charge in [-0.2, -0.15) is 0 Å². The first-order valence-electron chi connectivity index (χ1n) is 13.8. The van der Waals surface area contributed by atoms with Gasteiger partial charge >= 0.3 is 51.4 Å². The number of nitrogens with one attached hydrogen (secondary N) is 1. The van der Waals surface area contributed by atoms with Crippen molar-refractivity contribution in [2.75, 3.05) is 95.4 Å². The third-order valence-corrected chi connectivity index (χ3v) is 7.14. The van der Waals surface area contributed by atoms with Gasteiger partial charge in [-0.25, -0.2) is 8.42 Å². The predicted octanol–water partition coefficient (Wildman–Crippen LogP) is -1.17. The van der Waals surface area contributed by atoms with Crippen LogP contribution in [0.25, 0.3) is 0 Å². The van der Waals surface area contributed by atoms with Crippen molar-refractivity contribution in [3.63, 3.8) is 0 Å². The Morgan fingerprint density at radius 1 is 0.927 bits per heavy atom. The van der Waals surface area contributed by atoms with E-state index in [0.29, 0.717) is 84.6 Å². The monoisotopic (exact) mass is 630 g/mol. The molecule has 1 aliphatic rings. The third kappa shape index (κ3) is 14.2. The van der Waals surface area contributed by atoms with E-state index >= 15 is 0 Å². The number of aliphatic hydroxyl groups is 2. The van der Waals surface area contributed by atoms with Gasteiger partial charge in [-0.05, 0) is 49.4 Å². The summed E-state index contributed by atoms with van der Waals surface area (Å²) in [4.78, 5) is 2.23. The number of ether oxygens (including phenoxy) is 5. The standard InChI is InChI=1S/C27H48N2O10S.K/c1-21(2)23-18-26-24(17-25(23)28-40(32,33)34)22(20-31)19-27(3,4)29(26)5-7-35-9-11-37-13-15-39-16-14-38-12-10-36-8-6-30;/h17-18,21-22,28,30-31H,5-16,19-20H2,1-4H3,(H,32,33,34);/q;+1/p-1. The van der Waals surface area contributed by atoms with Crippen LogP contribution in [0.1, 0.15) is 57.1 Å². The van der Waals surface area contributed by atoms with Gasteiger partial charge in [0.05, 0.1) is 85.0 Å². The van der Waals surface area contributed by atoms with Crippen LogP contribution >= 0.6 is 0 Å². The number of rotatable bonds is 21. The Hall–Kier alpha value is 0.0864. The maximum absolute atomic E-state index is 11.5. The first-order valence-corrected chi connectivity index (χ1v) is 15.2. The molecule has 0 amide bonds. The first-order chi connectivity index (χ1) is 19.0. The number of nitrogens with zero attached hydrogens (tertiary/aromatic N) is 1. The Kier molecular flexibility index (Phi) is 19.3. The number of aliphatic hydroxyl groups excluding tert-OH is 2. The molecule has 232 valence electrons. The molecule has 0 aliphatic carbocycles. The number of hydrogen-bond donors (Lipinski definition) is 3. The molecule has 41 heavy (non-hydrogen) atoms. The normalized spacial score (nSPS) is 16.5. The van der Waals surface area contributed by atoms with Crippen molar-refractivity contribution in [1.82, 2.24) is 0 Å². The summed E-state index contributed by atoms with van der Waals surface area (Å²) in [5, 5.41) is 18.7. The molecule has 1 aliphatic heterocycles. The smallest absolute Gasteiger partial charge is 0.731 e. The third-order valence-electron chi connectivity index (χ3n) is 6.67. The minimum atomic E-state index is -4.69. The van der Waals surface area contributed by atoms with E-state index in [1.54, 1.807) is 6.07 Å². The predicted molar refractivity (Wildman–Crippen MR) is 151 cm³/mol. The summed E-state index contributed by atoms with van der Waals surface area (Å²) in [5.41, 5.74) is 2.41. The van der Waals surface area contributed by atoms with Crippen LogP contribution in [0.15, 0.2) is 12.1 Å². The maximum atomic E-state index is 11.5. The minimum absolute atomic E-state index is 0. The first kappa shape index (κ1) is 39.1. The van der Waals surface area contributed by atoms with Gasteiger partial charge in [-0.15, -0.1) is 0 Å². The molecule has 1 aromatic rings. The molecule has 1 atom stereocenters. The molecule has 1 heterocycles. The second kappa shape index (κ2) is 20.2. The molecule has 0 saturated carbocycles. The van der Waals surface area contributed by atoms with Crippen molar-refractivity contribution < 1.29 is 98.3 Å². The van der Waals surface area contributed by atoms with E-state index in [1.165, 1.54) is 0 Å². The van der Waals surface area contributed by atoms with Gasteiger partial charge in [-0.3, -0.25) is 4.72 Å². The maximum Gasteiger partial charge on any atom is 1.00 e. The van der Waals surface area contributed by atoms with Crippen molar-refractivity contribution in [2.45, 2.75) is 51.5 Å². The summed E-state index contributed by atoms with van der Waals surface area (Å²) in [6.45, 7) is 13.0. The summed E-state index contributed by atoms with van der Waals surface area (Å²) in [6.07, 6.45) is 0.659. The number of anilines is 2.